The topological polar surface area (TPSA) is 101 Å². The Morgan fingerprint density at radius 3 is 2.58 bits per heavy atom. The van der Waals surface area contributed by atoms with Crippen LogP contribution >= 0.6 is 0 Å². The number of rotatable bonds is 8. The molecule has 0 spiro atoms. The summed E-state index contributed by atoms with van der Waals surface area (Å²) in [5, 5.41) is 15.0. The van der Waals surface area contributed by atoms with Crippen LogP contribution < -0.4 is 5.32 Å². The van der Waals surface area contributed by atoms with E-state index in [1.165, 1.54) is 12.1 Å². The lowest BCUT2D eigenvalue weighted by atomic mass is 9.88. The van der Waals surface area contributed by atoms with Crippen LogP contribution in [-0.2, 0) is 11.2 Å². The first-order chi connectivity index (χ1) is 15.1. The summed E-state index contributed by atoms with van der Waals surface area (Å²) in [6, 6.07) is 20.0. The zero-order valence-corrected chi connectivity index (χ0v) is 16.8. The maximum Gasteiger partial charge on any atom is 0.269 e. The number of carbonyl (C=O) groups excluding carboxylic acids is 1. The van der Waals surface area contributed by atoms with Crippen molar-refractivity contribution in [2.45, 2.75) is 18.8 Å². The second-order valence-corrected chi connectivity index (χ2v) is 7.32. The maximum absolute atomic E-state index is 12.8. The van der Waals surface area contributed by atoms with Crippen LogP contribution in [0.25, 0.3) is 10.9 Å². The third-order valence-electron chi connectivity index (χ3n) is 5.32. The maximum atomic E-state index is 12.8. The number of nitro benzene ring substituents is 1. The fourth-order valence-corrected chi connectivity index (χ4v) is 3.75. The molecule has 0 radical (unpaired) electrons. The van der Waals surface area contributed by atoms with Crippen molar-refractivity contribution >= 4 is 22.5 Å². The third kappa shape index (κ3) is 4.78. The van der Waals surface area contributed by atoms with Gasteiger partial charge in [0.2, 0.25) is 5.91 Å². The quantitative estimate of drug-likeness (QED) is 0.331. The fraction of sp³-hybridized carbons (Fsp3) is 0.167. The van der Waals surface area contributed by atoms with Gasteiger partial charge in [-0.3, -0.25) is 19.9 Å². The standard InChI is InChI=1S/C24H22N4O3/c29-24(26-14-12-18-5-3-4-13-25-18)15-21(17-8-10-19(11-9-17)28(30)31)22-16-27-23-7-2-1-6-20(22)23/h1-11,13,16,21,27H,12,14-15H2,(H,26,29). The molecule has 0 fully saturated rings. The van der Waals surface area contributed by atoms with Crippen molar-refractivity contribution in [1.82, 2.24) is 15.3 Å². The highest BCUT2D eigenvalue weighted by atomic mass is 16.6. The summed E-state index contributed by atoms with van der Waals surface area (Å²) in [7, 11) is 0. The number of non-ortho nitro benzene ring substituents is 1. The molecule has 2 aromatic carbocycles. The van der Waals surface area contributed by atoms with Gasteiger partial charge in [-0.05, 0) is 29.3 Å². The summed E-state index contributed by atoms with van der Waals surface area (Å²) >= 11 is 0. The summed E-state index contributed by atoms with van der Waals surface area (Å²) in [6.45, 7) is 0.497. The number of carbonyl (C=O) groups is 1. The van der Waals surface area contributed by atoms with Crippen molar-refractivity contribution < 1.29 is 9.72 Å². The first kappa shape index (κ1) is 20.3. The van der Waals surface area contributed by atoms with E-state index in [0.29, 0.717) is 13.0 Å². The molecule has 4 aromatic rings. The van der Waals surface area contributed by atoms with E-state index in [1.54, 1.807) is 18.3 Å². The van der Waals surface area contributed by atoms with Gasteiger partial charge in [-0.25, -0.2) is 0 Å². The molecule has 0 aliphatic rings. The monoisotopic (exact) mass is 414 g/mol. The molecule has 7 nitrogen and oxygen atoms in total. The molecule has 2 N–H and O–H groups in total. The molecule has 0 saturated carbocycles. The smallest absolute Gasteiger partial charge is 0.269 e. The number of nitrogens with zero attached hydrogens (tertiary/aromatic N) is 2. The summed E-state index contributed by atoms with van der Waals surface area (Å²) in [5.41, 5.74) is 3.78. The Bertz CT molecular complexity index is 1190. The summed E-state index contributed by atoms with van der Waals surface area (Å²) in [4.78, 5) is 30.9. The number of amides is 1. The minimum Gasteiger partial charge on any atom is -0.361 e. The number of nitrogens with one attached hydrogen (secondary N) is 2. The van der Waals surface area contributed by atoms with E-state index < -0.39 is 4.92 Å². The van der Waals surface area contributed by atoms with Crippen LogP contribution in [0.2, 0.25) is 0 Å². The van der Waals surface area contributed by atoms with Crippen molar-refractivity contribution in [3.63, 3.8) is 0 Å². The van der Waals surface area contributed by atoms with Gasteiger partial charge in [0.15, 0.2) is 0 Å². The van der Waals surface area contributed by atoms with Crippen molar-refractivity contribution in [2.24, 2.45) is 0 Å². The van der Waals surface area contributed by atoms with Crippen molar-refractivity contribution in [3.8, 4) is 0 Å². The lowest BCUT2D eigenvalue weighted by molar-refractivity contribution is -0.384. The highest BCUT2D eigenvalue weighted by Crippen LogP contribution is 2.34. The van der Waals surface area contributed by atoms with Crippen molar-refractivity contribution in [3.05, 3.63) is 106 Å². The van der Waals surface area contributed by atoms with Gasteiger partial charge in [0.1, 0.15) is 0 Å². The Kier molecular flexibility index (Phi) is 6.03. The average Bonchev–Trinajstić information content (AvgIpc) is 3.22. The Balaban J connectivity index is 1.55. The van der Waals surface area contributed by atoms with Crippen molar-refractivity contribution in [2.75, 3.05) is 6.54 Å². The Morgan fingerprint density at radius 2 is 1.84 bits per heavy atom. The summed E-state index contributed by atoms with van der Waals surface area (Å²) in [5.74, 6) is -0.309. The third-order valence-corrected chi connectivity index (χ3v) is 5.32. The molecule has 0 bridgehead atoms. The molecule has 0 saturated heterocycles. The first-order valence-corrected chi connectivity index (χ1v) is 10.1. The minimum atomic E-state index is -0.422. The van der Waals surface area contributed by atoms with Gasteiger partial charge in [-0.2, -0.15) is 0 Å². The zero-order valence-electron chi connectivity index (χ0n) is 16.8. The molecule has 1 amide bonds. The van der Waals surface area contributed by atoms with Crippen LogP contribution in [0.15, 0.2) is 79.1 Å². The van der Waals surface area contributed by atoms with E-state index in [1.807, 2.05) is 48.7 Å². The number of hydrogen-bond acceptors (Lipinski definition) is 4. The van der Waals surface area contributed by atoms with E-state index in [0.717, 1.165) is 27.7 Å². The van der Waals surface area contributed by atoms with Crippen LogP contribution in [0.5, 0.6) is 0 Å². The highest BCUT2D eigenvalue weighted by Gasteiger charge is 2.22. The first-order valence-electron chi connectivity index (χ1n) is 10.1. The molecule has 4 rings (SSSR count). The predicted molar refractivity (Wildman–Crippen MR) is 119 cm³/mol. The number of benzene rings is 2. The normalized spacial score (nSPS) is 11.9. The van der Waals surface area contributed by atoms with Crippen LogP contribution in [0.1, 0.15) is 29.2 Å². The number of aromatic nitrogens is 2. The van der Waals surface area contributed by atoms with E-state index in [9.17, 15) is 14.9 Å². The van der Waals surface area contributed by atoms with Gasteiger partial charge in [0.05, 0.1) is 4.92 Å². The molecule has 0 aliphatic heterocycles. The zero-order chi connectivity index (χ0) is 21.6. The van der Waals surface area contributed by atoms with Crippen LogP contribution in [0, 0.1) is 10.1 Å². The predicted octanol–water partition coefficient (Wildman–Crippen LogP) is 4.35. The van der Waals surface area contributed by atoms with Gasteiger partial charge in [0.25, 0.3) is 5.69 Å². The SMILES string of the molecule is O=C(CC(c1ccc([N+](=O)[O-])cc1)c1c[nH]c2ccccc12)NCCc1ccccn1. The number of H-pyrrole nitrogens is 1. The van der Waals surface area contributed by atoms with Gasteiger partial charge in [-0.1, -0.05) is 36.4 Å². The molecule has 1 unspecified atom stereocenters. The number of fused-ring (bicyclic) bond motifs is 1. The summed E-state index contributed by atoms with van der Waals surface area (Å²) in [6.07, 6.45) is 4.54. The van der Waals surface area contributed by atoms with Crippen LogP contribution in [-0.4, -0.2) is 27.3 Å². The molecular weight excluding hydrogens is 392 g/mol. The van der Waals surface area contributed by atoms with Crippen molar-refractivity contribution in [1.29, 1.82) is 0 Å². The molecule has 156 valence electrons. The van der Waals surface area contributed by atoms with E-state index >= 15 is 0 Å². The number of pyridine rings is 1. The molecule has 2 heterocycles. The number of hydrogen-bond donors (Lipinski definition) is 2. The van der Waals surface area contributed by atoms with Gasteiger partial charge >= 0.3 is 0 Å². The van der Waals surface area contributed by atoms with E-state index in [2.05, 4.69) is 15.3 Å². The van der Waals surface area contributed by atoms with Gasteiger partial charge < -0.3 is 10.3 Å². The lowest BCUT2D eigenvalue weighted by Crippen LogP contribution is -2.27. The van der Waals surface area contributed by atoms with E-state index in [4.69, 9.17) is 0 Å². The summed E-state index contributed by atoms with van der Waals surface area (Å²) < 4.78 is 0. The molecular formula is C24H22N4O3. The van der Waals surface area contributed by atoms with Crippen LogP contribution in [0.4, 0.5) is 5.69 Å². The Labute approximate surface area is 179 Å². The fourth-order valence-electron chi connectivity index (χ4n) is 3.75. The van der Waals surface area contributed by atoms with Gasteiger partial charge in [0, 0.05) is 66.4 Å². The molecule has 1 atom stereocenters. The number of para-hydroxylation sites is 1. The molecule has 0 aliphatic carbocycles. The number of aromatic amines is 1. The number of nitro groups is 1. The second kappa shape index (κ2) is 9.21. The van der Waals surface area contributed by atoms with Gasteiger partial charge in [-0.15, -0.1) is 0 Å². The van der Waals surface area contributed by atoms with E-state index in [-0.39, 0.29) is 23.9 Å². The van der Waals surface area contributed by atoms with Crippen LogP contribution in [0.3, 0.4) is 0 Å². The second-order valence-electron chi connectivity index (χ2n) is 7.32. The Hall–Kier alpha value is -4.00. The lowest BCUT2D eigenvalue weighted by Gasteiger charge is -2.17. The minimum absolute atomic E-state index is 0.0289. The average molecular weight is 414 g/mol. The largest absolute Gasteiger partial charge is 0.361 e. The molecule has 31 heavy (non-hydrogen) atoms. The Morgan fingerprint density at radius 1 is 1.06 bits per heavy atom. The molecule has 2 aromatic heterocycles. The molecule has 7 heteroatoms. The highest BCUT2D eigenvalue weighted by molar-refractivity contribution is 5.86.